The molecule has 2 aromatic carbocycles. The normalized spacial score (nSPS) is 18.1. The minimum Gasteiger partial charge on any atom is -0.362 e. The molecule has 1 saturated carbocycles. The van der Waals surface area contributed by atoms with Crippen molar-refractivity contribution in [2.24, 2.45) is 0 Å². The van der Waals surface area contributed by atoms with Gasteiger partial charge in [-0.1, -0.05) is 24.3 Å². The van der Waals surface area contributed by atoms with E-state index < -0.39 is 0 Å². The number of para-hydroxylation sites is 1. The maximum absolute atomic E-state index is 10.7. The lowest BCUT2D eigenvalue weighted by molar-refractivity contribution is -0.384. The van der Waals surface area contributed by atoms with Crippen molar-refractivity contribution in [3.63, 3.8) is 0 Å². The van der Waals surface area contributed by atoms with E-state index in [-0.39, 0.29) is 10.6 Å². The van der Waals surface area contributed by atoms with Crippen LogP contribution >= 0.6 is 0 Å². The van der Waals surface area contributed by atoms with Gasteiger partial charge in [0.25, 0.3) is 5.69 Å². The topological polar surface area (TPSA) is 96.2 Å². The van der Waals surface area contributed by atoms with E-state index in [0.29, 0.717) is 18.0 Å². The van der Waals surface area contributed by atoms with Gasteiger partial charge in [0.1, 0.15) is 5.82 Å². The quantitative estimate of drug-likeness (QED) is 0.250. The summed E-state index contributed by atoms with van der Waals surface area (Å²) in [6.45, 7) is 1.01. The molecular formula is C26H34N6O2. The number of nitro benzene ring substituents is 1. The van der Waals surface area contributed by atoms with Crippen LogP contribution in [-0.2, 0) is 6.42 Å². The fourth-order valence-electron chi connectivity index (χ4n) is 4.63. The summed E-state index contributed by atoms with van der Waals surface area (Å²) in [7, 11) is 4.03. The standard InChI is InChI=1S/C26H34N6O2/c1-31(2)25-23-8-3-4-9-24(23)29-26(30-25)28-21-14-12-20(13-15-21)27-18-6-5-7-19-10-16-22(17-11-19)32(33)34/h3-4,8-11,16-17,20-21,27H,5-7,12-15,18H2,1-2H3,(H,28,29,30)/t20-,21+. The summed E-state index contributed by atoms with van der Waals surface area (Å²) in [5.74, 6) is 1.65. The highest BCUT2D eigenvalue weighted by atomic mass is 16.6. The molecule has 0 saturated heterocycles. The summed E-state index contributed by atoms with van der Waals surface area (Å²) < 4.78 is 0. The molecule has 2 N–H and O–H groups in total. The predicted molar refractivity (Wildman–Crippen MR) is 138 cm³/mol. The number of benzene rings is 2. The van der Waals surface area contributed by atoms with E-state index in [2.05, 4.69) is 16.7 Å². The molecular weight excluding hydrogens is 428 g/mol. The average Bonchev–Trinajstić information content (AvgIpc) is 2.84. The monoisotopic (exact) mass is 462 g/mol. The first-order chi connectivity index (χ1) is 16.5. The van der Waals surface area contributed by atoms with Gasteiger partial charge >= 0.3 is 0 Å². The molecule has 0 radical (unpaired) electrons. The van der Waals surface area contributed by atoms with Gasteiger partial charge < -0.3 is 15.5 Å². The number of nitro groups is 1. The second-order valence-electron chi connectivity index (χ2n) is 9.31. The molecule has 180 valence electrons. The maximum Gasteiger partial charge on any atom is 0.269 e. The molecule has 0 amide bonds. The number of aromatic nitrogens is 2. The molecule has 0 bridgehead atoms. The lowest BCUT2D eigenvalue weighted by Crippen LogP contribution is -2.37. The molecule has 0 unspecified atom stereocenters. The van der Waals surface area contributed by atoms with E-state index in [4.69, 9.17) is 9.97 Å². The SMILES string of the molecule is CN(C)c1nc(N[C@H]2CC[C@@H](NCCCCc3ccc([N+](=O)[O-])cc3)CC2)nc2ccccc12. The average molecular weight is 463 g/mol. The van der Waals surface area contributed by atoms with Crippen molar-refractivity contribution in [2.75, 3.05) is 30.9 Å². The second-order valence-corrected chi connectivity index (χ2v) is 9.31. The molecule has 1 aromatic heterocycles. The van der Waals surface area contributed by atoms with E-state index in [0.717, 1.165) is 73.8 Å². The van der Waals surface area contributed by atoms with Gasteiger partial charge in [0, 0.05) is 43.7 Å². The highest BCUT2D eigenvalue weighted by Crippen LogP contribution is 2.26. The summed E-state index contributed by atoms with van der Waals surface area (Å²) in [5, 5.41) is 19.1. The molecule has 0 aliphatic heterocycles. The Kier molecular flexibility index (Phi) is 7.90. The second kappa shape index (κ2) is 11.2. The van der Waals surface area contributed by atoms with Crippen LogP contribution < -0.4 is 15.5 Å². The number of fused-ring (bicyclic) bond motifs is 1. The Hall–Kier alpha value is -3.26. The number of unbranched alkanes of at least 4 members (excludes halogenated alkanes) is 1. The molecule has 1 fully saturated rings. The fraction of sp³-hybridized carbons (Fsp3) is 0.462. The number of nitrogens with zero attached hydrogens (tertiary/aromatic N) is 4. The molecule has 8 heteroatoms. The molecule has 34 heavy (non-hydrogen) atoms. The van der Waals surface area contributed by atoms with Gasteiger partial charge in [-0.2, -0.15) is 4.98 Å². The summed E-state index contributed by atoms with van der Waals surface area (Å²) in [5.41, 5.74) is 2.28. The zero-order valence-electron chi connectivity index (χ0n) is 20.0. The number of hydrogen-bond acceptors (Lipinski definition) is 7. The molecule has 0 atom stereocenters. The molecule has 1 heterocycles. The zero-order chi connectivity index (χ0) is 23.9. The molecule has 4 rings (SSSR count). The lowest BCUT2D eigenvalue weighted by Gasteiger charge is -2.30. The summed E-state index contributed by atoms with van der Waals surface area (Å²) in [4.78, 5) is 21.9. The number of anilines is 2. The van der Waals surface area contributed by atoms with Crippen LogP contribution in [0.4, 0.5) is 17.5 Å². The summed E-state index contributed by atoms with van der Waals surface area (Å²) in [6, 6.07) is 16.0. The molecule has 8 nitrogen and oxygen atoms in total. The van der Waals surface area contributed by atoms with Gasteiger partial charge in [-0.05, 0) is 69.2 Å². The number of rotatable bonds is 10. The van der Waals surface area contributed by atoms with Crippen LogP contribution in [0.25, 0.3) is 10.9 Å². The van der Waals surface area contributed by atoms with Crippen molar-refractivity contribution in [2.45, 2.75) is 57.0 Å². The number of nitrogens with one attached hydrogen (secondary N) is 2. The predicted octanol–water partition coefficient (Wildman–Crippen LogP) is 4.94. The van der Waals surface area contributed by atoms with Crippen LogP contribution in [0.3, 0.4) is 0 Å². The van der Waals surface area contributed by atoms with E-state index in [9.17, 15) is 10.1 Å². The fourth-order valence-corrected chi connectivity index (χ4v) is 4.63. The van der Waals surface area contributed by atoms with Crippen LogP contribution in [-0.4, -0.2) is 47.6 Å². The largest absolute Gasteiger partial charge is 0.362 e. The van der Waals surface area contributed by atoms with Gasteiger partial charge in [-0.3, -0.25) is 10.1 Å². The van der Waals surface area contributed by atoms with Gasteiger partial charge in [-0.15, -0.1) is 0 Å². The first-order valence-corrected chi connectivity index (χ1v) is 12.2. The van der Waals surface area contributed by atoms with Crippen molar-refractivity contribution < 1.29 is 4.92 Å². The van der Waals surface area contributed by atoms with Gasteiger partial charge in [0.2, 0.25) is 5.95 Å². The first-order valence-electron chi connectivity index (χ1n) is 12.2. The lowest BCUT2D eigenvalue weighted by atomic mass is 9.91. The van der Waals surface area contributed by atoms with Gasteiger partial charge in [0.15, 0.2) is 0 Å². The van der Waals surface area contributed by atoms with Crippen LogP contribution in [0.15, 0.2) is 48.5 Å². The van der Waals surface area contributed by atoms with E-state index in [1.165, 1.54) is 0 Å². The minimum absolute atomic E-state index is 0.154. The Labute approximate surface area is 200 Å². The Morgan fingerprint density at radius 2 is 1.68 bits per heavy atom. The third-order valence-corrected chi connectivity index (χ3v) is 6.54. The van der Waals surface area contributed by atoms with Crippen LogP contribution in [0.5, 0.6) is 0 Å². The van der Waals surface area contributed by atoms with E-state index in [1.54, 1.807) is 12.1 Å². The Morgan fingerprint density at radius 3 is 2.38 bits per heavy atom. The third kappa shape index (κ3) is 6.20. The maximum atomic E-state index is 10.7. The number of aryl methyl sites for hydroxylation is 1. The van der Waals surface area contributed by atoms with Crippen LogP contribution in [0.2, 0.25) is 0 Å². The van der Waals surface area contributed by atoms with Crippen molar-refractivity contribution in [1.29, 1.82) is 0 Å². The molecule has 1 aliphatic rings. The number of non-ortho nitro benzene ring substituents is 1. The summed E-state index contributed by atoms with van der Waals surface area (Å²) in [6.07, 6.45) is 7.64. The van der Waals surface area contributed by atoms with E-state index >= 15 is 0 Å². The highest BCUT2D eigenvalue weighted by Gasteiger charge is 2.22. The van der Waals surface area contributed by atoms with Gasteiger partial charge in [0.05, 0.1) is 10.4 Å². The van der Waals surface area contributed by atoms with Crippen molar-refractivity contribution in [3.8, 4) is 0 Å². The Balaban J connectivity index is 1.18. The zero-order valence-corrected chi connectivity index (χ0v) is 20.0. The minimum atomic E-state index is -0.353. The summed E-state index contributed by atoms with van der Waals surface area (Å²) >= 11 is 0. The van der Waals surface area contributed by atoms with Gasteiger partial charge in [-0.25, -0.2) is 4.98 Å². The van der Waals surface area contributed by atoms with Crippen LogP contribution in [0, 0.1) is 10.1 Å². The molecule has 3 aromatic rings. The Bertz CT molecular complexity index is 1090. The third-order valence-electron chi connectivity index (χ3n) is 6.54. The highest BCUT2D eigenvalue weighted by molar-refractivity contribution is 5.90. The smallest absolute Gasteiger partial charge is 0.269 e. The number of hydrogen-bond donors (Lipinski definition) is 2. The van der Waals surface area contributed by atoms with E-state index in [1.807, 2.05) is 49.3 Å². The first kappa shape index (κ1) is 23.9. The Morgan fingerprint density at radius 1 is 0.971 bits per heavy atom. The van der Waals surface area contributed by atoms with Crippen molar-refractivity contribution in [1.82, 2.24) is 15.3 Å². The van der Waals surface area contributed by atoms with Crippen molar-refractivity contribution >= 4 is 28.4 Å². The molecule has 0 spiro atoms. The van der Waals surface area contributed by atoms with Crippen LogP contribution in [0.1, 0.15) is 44.1 Å². The molecule has 1 aliphatic carbocycles. The van der Waals surface area contributed by atoms with Crippen molar-refractivity contribution in [3.05, 3.63) is 64.2 Å².